The van der Waals surface area contributed by atoms with E-state index in [1.807, 2.05) is 18.2 Å². The Labute approximate surface area is 181 Å². The molecule has 0 unspecified atom stereocenters. The van der Waals surface area contributed by atoms with Gasteiger partial charge in [0.25, 0.3) is 5.91 Å². The van der Waals surface area contributed by atoms with Gasteiger partial charge < -0.3 is 11.1 Å². The van der Waals surface area contributed by atoms with Gasteiger partial charge in [0.15, 0.2) is 10.8 Å². The predicted molar refractivity (Wildman–Crippen MR) is 117 cm³/mol. The Morgan fingerprint density at radius 3 is 2.68 bits per heavy atom. The minimum atomic E-state index is -0.846. The lowest BCUT2D eigenvalue weighted by Crippen LogP contribution is -2.25. The maximum absolute atomic E-state index is 13.9. The Balaban J connectivity index is 1.71. The fourth-order valence-electron chi connectivity index (χ4n) is 3.45. The first-order valence-corrected chi connectivity index (χ1v) is 10.4. The topological polar surface area (TPSA) is 110 Å². The summed E-state index contributed by atoms with van der Waals surface area (Å²) in [6, 6.07) is 9.15. The Morgan fingerprint density at radius 2 is 1.97 bits per heavy atom. The normalized spacial score (nSPS) is 13.2. The zero-order valence-electron chi connectivity index (χ0n) is 16.7. The number of carbonyl (C=O) groups excluding carboxylic acids is 1. The molecule has 1 aliphatic carbocycles. The van der Waals surface area contributed by atoms with Crippen LogP contribution in [0, 0.1) is 11.6 Å². The van der Waals surface area contributed by atoms with Crippen molar-refractivity contribution < 1.29 is 13.6 Å². The number of hydrogen-bond acceptors (Lipinski definition) is 6. The Bertz CT molecular complexity index is 1170. The summed E-state index contributed by atoms with van der Waals surface area (Å²) >= 11 is 1.18. The molecule has 1 aromatic heterocycles. The van der Waals surface area contributed by atoms with Crippen molar-refractivity contribution in [2.45, 2.75) is 19.3 Å². The number of rotatable bonds is 4. The number of carbonyl (C=O) groups is 1. The number of amides is 1. The van der Waals surface area contributed by atoms with Gasteiger partial charge in [-0.05, 0) is 48.6 Å². The molecule has 1 amide bonds. The fraction of sp³-hybridized carbons (Fsp3) is 0.190. The molecule has 2 aromatic carbocycles. The van der Waals surface area contributed by atoms with Crippen LogP contribution in [0.25, 0.3) is 10.4 Å². The van der Waals surface area contributed by atoms with Crippen LogP contribution in [0.1, 0.15) is 33.0 Å². The third-order valence-corrected chi connectivity index (χ3v) is 6.00. The minimum absolute atomic E-state index is 0.134. The van der Waals surface area contributed by atoms with E-state index in [0.717, 1.165) is 51.8 Å². The molecule has 3 aromatic rings. The van der Waals surface area contributed by atoms with E-state index in [9.17, 15) is 13.6 Å². The van der Waals surface area contributed by atoms with E-state index in [1.165, 1.54) is 17.4 Å². The number of nitrogens with two attached hydrogens (primary N) is 2. The lowest BCUT2D eigenvalue weighted by molar-refractivity contribution is 0.102. The highest BCUT2D eigenvalue weighted by atomic mass is 32.1. The van der Waals surface area contributed by atoms with Gasteiger partial charge >= 0.3 is 0 Å². The number of thiazole rings is 1. The first-order valence-electron chi connectivity index (χ1n) is 9.54. The number of halogens is 2. The summed E-state index contributed by atoms with van der Waals surface area (Å²) in [5.74, 6) is 3.46. The van der Waals surface area contributed by atoms with Crippen LogP contribution in [0.15, 0.2) is 41.5 Å². The van der Waals surface area contributed by atoms with Crippen LogP contribution < -0.4 is 16.9 Å². The molecule has 0 bridgehead atoms. The van der Waals surface area contributed by atoms with E-state index in [-0.39, 0.29) is 10.8 Å². The second kappa shape index (κ2) is 8.40. The van der Waals surface area contributed by atoms with Crippen LogP contribution in [0.4, 0.5) is 14.5 Å². The number of para-hydroxylation sites is 1. The van der Waals surface area contributed by atoms with E-state index in [0.29, 0.717) is 12.0 Å². The zero-order chi connectivity index (χ0) is 22.1. The van der Waals surface area contributed by atoms with Crippen LogP contribution in [0.5, 0.6) is 0 Å². The smallest absolute Gasteiger partial charge is 0.284 e. The SMILES string of the molecule is CN(N)/N=C(\N)c1ccc2c(c1)-c1sc(C(=O)Nc3c(F)cccc3F)nc1CCC2. The summed E-state index contributed by atoms with van der Waals surface area (Å²) in [6.07, 6.45) is 2.40. The number of aromatic nitrogens is 1. The summed E-state index contributed by atoms with van der Waals surface area (Å²) in [5, 5.41) is 7.59. The number of benzene rings is 2. The first kappa shape index (κ1) is 20.9. The highest BCUT2D eigenvalue weighted by Crippen LogP contribution is 2.37. The van der Waals surface area contributed by atoms with E-state index >= 15 is 0 Å². The van der Waals surface area contributed by atoms with Gasteiger partial charge in [0, 0.05) is 12.6 Å². The van der Waals surface area contributed by atoms with Crippen molar-refractivity contribution in [3.05, 3.63) is 69.9 Å². The molecule has 0 saturated heterocycles. The number of aryl methyl sites for hydroxylation is 2. The highest BCUT2D eigenvalue weighted by molar-refractivity contribution is 7.17. The van der Waals surface area contributed by atoms with Crippen LogP contribution >= 0.6 is 11.3 Å². The average molecular weight is 442 g/mol. The molecular weight excluding hydrogens is 422 g/mol. The number of amidine groups is 1. The van der Waals surface area contributed by atoms with Gasteiger partial charge in [-0.25, -0.2) is 24.7 Å². The third-order valence-electron chi connectivity index (χ3n) is 4.87. The quantitative estimate of drug-likeness (QED) is 0.249. The molecule has 7 nitrogen and oxygen atoms in total. The van der Waals surface area contributed by atoms with Crippen molar-refractivity contribution in [1.82, 2.24) is 10.1 Å². The molecule has 0 aliphatic heterocycles. The van der Waals surface area contributed by atoms with Gasteiger partial charge in [0.05, 0.1) is 10.6 Å². The lowest BCUT2D eigenvalue weighted by atomic mass is 10.0. The first-order chi connectivity index (χ1) is 14.8. The van der Waals surface area contributed by atoms with Crippen LogP contribution in [-0.4, -0.2) is 28.9 Å². The molecule has 160 valence electrons. The van der Waals surface area contributed by atoms with Gasteiger partial charge in [-0.3, -0.25) is 4.79 Å². The maximum Gasteiger partial charge on any atom is 0.284 e. The van der Waals surface area contributed by atoms with E-state index < -0.39 is 23.2 Å². The number of nitrogens with zero attached hydrogens (tertiary/aromatic N) is 3. The molecule has 5 N–H and O–H groups in total. The summed E-state index contributed by atoms with van der Waals surface area (Å²) in [5.41, 5.74) is 9.03. The maximum atomic E-state index is 13.9. The van der Waals surface area contributed by atoms with Crippen molar-refractivity contribution in [3.63, 3.8) is 0 Å². The number of fused-ring (bicyclic) bond motifs is 3. The lowest BCUT2D eigenvalue weighted by Gasteiger charge is -2.10. The Kier molecular flexibility index (Phi) is 5.66. The number of nitrogens with one attached hydrogen (secondary N) is 1. The summed E-state index contributed by atoms with van der Waals surface area (Å²) in [7, 11) is 1.57. The zero-order valence-corrected chi connectivity index (χ0v) is 17.5. The molecule has 1 heterocycles. The monoisotopic (exact) mass is 442 g/mol. The van der Waals surface area contributed by atoms with Crippen molar-refractivity contribution >= 4 is 28.8 Å². The summed E-state index contributed by atoms with van der Waals surface area (Å²) in [6.45, 7) is 0. The molecule has 0 fully saturated rings. The number of hydrazone groups is 1. The third kappa shape index (κ3) is 4.25. The van der Waals surface area contributed by atoms with Crippen LogP contribution in [0.2, 0.25) is 0 Å². The molecule has 0 radical (unpaired) electrons. The number of hydrazine groups is 1. The standard InChI is InChI=1S/C21H20F2N6OS/c1-29(25)28-19(24)12-9-8-11-4-2-7-16-18(13(11)10-12)31-21(26-16)20(30)27-17-14(22)5-3-6-15(17)23/h3,5-6,8-10H,2,4,7,25H2,1H3,(H2,24,28)(H,27,30). The van der Waals surface area contributed by atoms with Crippen LogP contribution in [0.3, 0.4) is 0 Å². The molecule has 1 aliphatic rings. The molecule has 10 heteroatoms. The largest absolute Gasteiger partial charge is 0.382 e. The molecule has 0 saturated carbocycles. The second-order valence-electron chi connectivity index (χ2n) is 7.13. The van der Waals surface area contributed by atoms with Gasteiger partial charge in [-0.15, -0.1) is 16.4 Å². The van der Waals surface area contributed by atoms with Gasteiger partial charge in [-0.1, -0.05) is 18.2 Å². The van der Waals surface area contributed by atoms with Gasteiger partial charge in [0.2, 0.25) is 0 Å². The molecular formula is C21H20F2N6OS. The van der Waals surface area contributed by atoms with Crippen LogP contribution in [-0.2, 0) is 12.8 Å². The Morgan fingerprint density at radius 1 is 1.23 bits per heavy atom. The molecule has 0 spiro atoms. The van der Waals surface area contributed by atoms with E-state index in [1.54, 1.807) is 7.05 Å². The van der Waals surface area contributed by atoms with Crippen molar-refractivity contribution in [3.8, 4) is 10.4 Å². The average Bonchev–Trinajstić information content (AvgIpc) is 3.07. The van der Waals surface area contributed by atoms with Crippen molar-refractivity contribution in [1.29, 1.82) is 0 Å². The molecule has 4 rings (SSSR count). The van der Waals surface area contributed by atoms with Crippen molar-refractivity contribution in [2.75, 3.05) is 12.4 Å². The molecule has 31 heavy (non-hydrogen) atoms. The second-order valence-corrected chi connectivity index (χ2v) is 8.13. The van der Waals surface area contributed by atoms with Gasteiger partial charge in [-0.2, -0.15) is 0 Å². The fourth-order valence-corrected chi connectivity index (χ4v) is 4.51. The predicted octanol–water partition coefficient (Wildman–Crippen LogP) is 3.26. The molecule has 0 atom stereocenters. The highest BCUT2D eigenvalue weighted by Gasteiger charge is 2.24. The van der Waals surface area contributed by atoms with Crippen molar-refractivity contribution in [2.24, 2.45) is 16.7 Å². The van der Waals surface area contributed by atoms with E-state index in [4.69, 9.17) is 11.6 Å². The number of hydrogen-bond donors (Lipinski definition) is 3. The summed E-state index contributed by atoms with van der Waals surface area (Å²) < 4.78 is 27.8. The number of anilines is 1. The van der Waals surface area contributed by atoms with Gasteiger partial charge in [0.1, 0.15) is 17.3 Å². The summed E-state index contributed by atoms with van der Waals surface area (Å²) in [4.78, 5) is 18.0. The Hall–Kier alpha value is -3.37. The van der Waals surface area contributed by atoms with E-state index in [2.05, 4.69) is 15.4 Å². The minimum Gasteiger partial charge on any atom is -0.382 e.